The number of methoxy groups -OCH3 is 1. The number of fused-ring (bicyclic) bond motifs is 1. The maximum absolute atomic E-state index is 14.0. The Labute approximate surface area is 252 Å². The van der Waals surface area contributed by atoms with Crippen molar-refractivity contribution in [1.82, 2.24) is 9.80 Å². The van der Waals surface area contributed by atoms with Crippen LogP contribution in [0.2, 0.25) is 0 Å². The van der Waals surface area contributed by atoms with Gasteiger partial charge in [-0.1, -0.05) is 13.3 Å². The van der Waals surface area contributed by atoms with Gasteiger partial charge in [-0.2, -0.15) is 0 Å². The summed E-state index contributed by atoms with van der Waals surface area (Å²) in [6.45, 7) is 4.58. The SMILES string of the molecule is CCCCN(C(=O)CN1C[C@H](c2cc(OC)c3c(c2)OCO3)[C@@H](C(=O)O)[C@@H]1CCCN1CCCC1=O)c1ccc[n+](C)c1. The molecule has 3 atom stereocenters. The lowest BCUT2D eigenvalue weighted by Crippen LogP contribution is -2.45. The van der Waals surface area contributed by atoms with Crippen LogP contribution in [0.4, 0.5) is 5.69 Å². The van der Waals surface area contributed by atoms with E-state index in [0.717, 1.165) is 37.1 Å². The molecule has 1 aromatic carbocycles. The highest BCUT2D eigenvalue weighted by Crippen LogP contribution is 2.47. The number of hydrogen-bond acceptors (Lipinski definition) is 7. The van der Waals surface area contributed by atoms with E-state index in [1.807, 2.05) is 63.0 Å². The largest absolute Gasteiger partial charge is 0.493 e. The molecule has 2 fully saturated rings. The average molecular weight is 596 g/mol. The molecule has 3 aliphatic heterocycles. The summed E-state index contributed by atoms with van der Waals surface area (Å²) in [6, 6.07) is 7.14. The molecule has 4 heterocycles. The van der Waals surface area contributed by atoms with E-state index < -0.39 is 17.8 Å². The predicted octanol–water partition coefficient (Wildman–Crippen LogP) is 2.95. The number of aryl methyl sites for hydroxylation is 1. The molecule has 43 heavy (non-hydrogen) atoms. The summed E-state index contributed by atoms with van der Waals surface area (Å²) < 4.78 is 18.7. The Morgan fingerprint density at radius 2 is 2.07 bits per heavy atom. The van der Waals surface area contributed by atoms with Gasteiger partial charge in [0.1, 0.15) is 12.7 Å². The molecule has 232 valence electrons. The number of carbonyl (C=O) groups excluding carboxylic acids is 2. The summed E-state index contributed by atoms with van der Waals surface area (Å²) in [7, 11) is 3.47. The first kappa shape index (κ1) is 30.6. The highest BCUT2D eigenvalue weighted by molar-refractivity contribution is 5.94. The van der Waals surface area contributed by atoms with Gasteiger partial charge in [-0.05, 0) is 49.4 Å². The van der Waals surface area contributed by atoms with Gasteiger partial charge in [0.2, 0.25) is 24.4 Å². The van der Waals surface area contributed by atoms with Gasteiger partial charge in [-0.15, -0.1) is 0 Å². The van der Waals surface area contributed by atoms with E-state index in [4.69, 9.17) is 14.2 Å². The second kappa shape index (κ2) is 13.6. The van der Waals surface area contributed by atoms with Crippen LogP contribution in [0.5, 0.6) is 17.2 Å². The van der Waals surface area contributed by atoms with E-state index in [1.54, 1.807) is 7.11 Å². The Morgan fingerprint density at radius 3 is 2.77 bits per heavy atom. The number of nitrogens with zero attached hydrogens (tertiary/aromatic N) is 4. The lowest BCUT2D eigenvalue weighted by Gasteiger charge is -2.30. The van der Waals surface area contributed by atoms with Crippen molar-refractivity contribution in [2.45, 2.75) is 57.4 Å². The molecular formula is C32H43N4O7+. The third-order valence-electron chi connectivity index (χ3n) is 8.85. The molecule has 5 rings (SSSR count). The molecule has 11 heteroatoms. The molecule has 1 N–H and O–H groups in total. The van der Waals surface area contributed by atoms with E-state index in [0.29, 0.717) is 56.1 Å². The maximum Gasteiger partial charge on any atom is 0.308 e. The number of unbranched alkanes of at least 4 members (excludes halogenated alkanes) is 1. The minimum atomic E-state index is -0.906. The molecule has 1 aromatic heterocycles. The molecule has 2 aromatic rings. The minimum absolute atomic E-state index is 0.0626. The van der Waals surface area contributed by atoms with Gasteiger partial charge in [0.15, 0.2) is 23.9 Å². The van der Waals surface area contributed by atoms with Crippen LogP contribution in [0.1, 0.15) is 56.9 Å². The monoisotopic (exact) mass is 595 g/mol. The van der Waals surface area contributed by atoms with E-state index >= 15 is 0 Å². The molecule has 0 bridgehead atoms. The van der Waals surface area contributed by atoms with Crippen molar-refractivity contribution in [2.75, 3.05) is 51.5 Å². The fourth-order valence-corrected chi connectivity index (χ4v) is 6.69. The minimum Gasteiger partial charge on any atom is -0.493 e. The number of likely N-dealkylation sites (tertiary alicyclic amines) is 2. The molecule has 0 aliphatic carbocycles. The normalized spacial score (nSPS) is 21.4. The third-order valence-corrected chi connectivity index (χ3v) is 8.85. The Balaban J connectivity index is 1.43. The Morgan fingerprint density at radius 1 is 1.23 bits per heavy atom. The summed E-state index contributed by atoms with van der Waals surface area (Å²) in [5.41, 5.74) is 1.60. The molecule has 0 spiro atoms. The van der Waals surface area contributed by atoms with Crippen LogP contribution in [-0.4, -0.2) is 85.4 Å². The quantitative estimate of drug-likeness (QED) is 0.352. The van der Waals surface area contributed by atoms with Crippen LogP contribution < -0.4 is 23.7 Å². The highest BCUT2D eigenvalue weighted by atomic mass is 16.7. The van der Waals surface area contributed by atoms with Crippen molar-refractivity contribution >= 4 is 23.5 Å². The van der Waals surface area contributed by atoms with Crippen LogP contribution in [0.25, 0.3) is 0 Å². The Kier molecular flexibility index (Phi) is 9.69. The van der Waals surface area contributed by atoms with Gasteiger partial charge in [-0.25, -0.2) is 4.57 Å². The molecule has 0 unspecified atom stereocenters. The van der Waals surface area contributed by atoms with E-state index in [9.17, 15) is 19.5 Å². The third kappa shape index (κ3) is 6.71. The number of benzene rings is 1. The summed E-state index contributed by atoms with van der Waals surface area (Å²) in [4.78, 5) is 44.9. The molecule has 3 aliphatic rings. The predicted molar refractivity (Wildman–Crippen MR) is 158 cm³/mol. The second-order valence-corrected chi connectivity index (χ2v) is 11.7. The summed E-state index contributed by atoms with van der Waals surface area (Å²) in [6.07, 6.45) is 8.31. The van der Waals surface area contributed by atoms with Crippen molar-refractivity contribution in [3.63, 3.8) is 0 Å². The van der Waals surface area contributed by atoms with Crippen molar-refractivity contribution in [2.24, 2.45) is 13.0 Å². The van der Waals surface area contributed by atoms with Crippen molar-refractivity contribution < 1.29 is 38.3 Å². The number of rotatable bonds is 13. The number of aliphatic carboxylic acids is 1. The number of carbonyl (C=O) groups is 3. The number of hydrogen-bond donors (Lipinski definition) is 1. The van der Waals surface area contributed by atoms with Gasteiger partial charge in [0, 0.05) is 50.6 Å². The Bertz CT molecular complexity index is 1330. The topological polar surface area (TPSA) is 113 Å². The van der Waals surface area contributed by atoms with Gasteiger partial charge in [0.05, 0.1) is 19.6 Å². The summed E-state index contributed by atoms with van der Waals surface area (Å²) in [5.74, 6) is -0.435. The number of pyridine rings is 1. The number of amides is 2. The first-order valence-electron chi connectivity index (χ1n) is 15.3. The van der Waals surface area contributed by atoms with Crippen LogP contribution in [0.15, 0.2) is 36.7 Å². The average Bonchev–Trinajstić information content (AvgIpc) is 3.72. The number of carboxylic acid groups (broad SMARTS) is 1. The van der Waals surface area contributed by atoms with Gasteiger partial charge >= 0.3 is 5.97 Å². The zero-order valence-electron chi connectivity index (χ0n) is 25.4. The fourth-order valence-electron chi connectivity index (χ4n) is 6.69. The van der Waals surface area contributed by atoms with Crippen molar-refractivity contribution in [3.8, 4) is 17.2 Å². The van der Waals surface area contributed by atoms with Crippen LogP contribution in [0, 0.1) is 5.92 Å². The first-order chi connectivity index (χ1) is 20.8. The van der Waals surface area contributed by atoms with E-state index in [-0.39, 0.29) is 31.2 Å². The van der Waals surface area contributed by atoms with Crippen LogP contribution in [0.3, 0.4) is 0 Å². The standard InChI is InChI=1S/C32H42N4O7/c1-4-5-15-36(23-9-6-12-33(2)18-23)29(38)20-35-19-24(22-16-26(41-3)31-27(17-22)42-21-43-31)30(32(39)40)25(35)10-7-13-34-14-8-11-28(34)37/h6,9,12,16-18,24-25,30H,4-5,7-8,10-11,13-15,19-21H2,1-3H3/p+1/t24-,25+,30-/m1/s1. The van der Waals surface area contributed by atoms with Crippen LogP contribution in [-0.2, 0) is 21.4 Å². The van der Waals surface area contributed by atoms with Gasteiger partial charge < -0.3 is 29.1 Å². The van der Waals surface area contributed by atoms with Crippen LogP contribution >= 0.6 is 0 Å². The van der Waals surface area contributed by atoms with Gasteiger partial charge in [-0.3, -0.25) is 19.3 Å². The second-order valence-electron chi connectivity index (χ2n) is 11.7. The molecule has 11 nitrogen and oxygen atoms in total. The number of carboxylic acids is 1. The Hall–Kier alpha value is -3.86. The molecular weight excluding hydrogens is 552 g/mol. The number of anilines is 1. The molecule has 0 saturated carbocycles. The van der Waals surface area contributed by atoms with Gasteiger partial charge in [0.25, 0.3) is 0 Å². The van der Waals surface area contributed by atoms with E-state index in [1.165, 1.54) is 0 Å². The van der Waals surface area contributed by atoms with Crippen molar-refractivity contribution in [3.05, 3.63) is 42.2 Å². The smallest absolute Gasteiger partial charge is 0.308 e. The zero-order chi connectivity index (χ0) is 30.5. The highest BCUT2D eigenvalue weighted by Gasteiger charge is 2.47. The summed E-state index contributed by atoms with van der Waals surface area (Å²) >= 11 is 0. The molecule has 0 radical (unpaired) electrons. The zero-order valence-corrected chi connectivity index (χ0v) is 25.4. The number of aromatic nitrogens is 1. The lowest BCUT2D eigenvalue weighted by molar-refractivity contribution is -0.670. The molecule has 2 amide bonds. The molecule has 2 saturated heterocycles. The maximum atomic E-state index is 14.0. The first-order valence-corrected chi connectivity index (χ1v) is 15.3. The van der Waals surface area contributed by atoms with Crippen molar-refractivity contribution in [1.29, 1.82) is 0 Å². The van der Waals surface area contributed by atoms with E-state index in [2.05, 4.69) is 6.92 Å². The summed E-state index contributed by atoms with van der Waals surface area (Å²) in [5, 5.41) is 10.6. The fraction of sp³-hybridized carbons (Fsp3) is 0.562. The lowest BCUT2D eigenvalue weighted by atomic mass is 9.83. The number of ether oxygens (including phenoxy) is 3.